The highest BCUT2D eigenvalue weighted by atomic mass is 31.2. The molecule has 5 heteroatoms. The van der Waals surface area contributed by atoms with E-state index in [9.17, 15) is 14.4 Å². The van der Waals surface area contributed by atoms with Crippen molar-refractivity contribution in [1.82, 2.24) is 4.57 Å². The molecule has 3 rings (SSSR count). The molecule has 20 heavy (non-hydrogen) atoms. The first-order valence-corrected chi connectivity index (χ1v) is 8.19. The fourth-order valence-corrected chi connectivity index (χ4v) is 3.34. The molecular weight excluding hydrogens is 273 g/mol. The molecule has 0 aliphatic heterocycles. The molecule has 0 fully saturated rings. The molecule has 0 saturated heterocycles. The van der Waals surface area contributed by atoms with Gasteiger partial charge in [0.15, 0.2) is 0 Å². The Kier molecular flexibility index (Phi) is 2.98. The van der Waals surface area contributed by atoms with Crippen LogP contribution in [0.1, 0.15) is 11.1 Å². The molecule has 1 heterocycles. The second-order valence-corrected chi connectivity index (χ2v) is 6.89. The van der Waals surface area contributed by atoms with Gasteiger partial charge in [-0.05, 0) is 38.1 Å². The number of rotatable bonds is 2. The van der Waals surface area contributed by atoms with Crippen LogP contribution in [-0.2, 0) is 10.9 Å². The number of hydrogen-bond donors (Lipinski definition) is 2. The summed E-state index contributed by atoms with van der Waals surface area (Å²) in [5, 5.41) is 2.08. The van der Waals surface area contributed by atoms with Gasteiger partial charge in [0.2, 0.25) is 0 Å². The van der Waals surface area contributed by atoms with Gasteiger partial charge in [0, 0.05) is 21.8 Å². The van der Waals surface area contributed by atoms with Crippen molar-refractivity contribution in [1.29, 1.82) is 0 Å². The predicted octanol–water partition coefficient (Wildman–Crippen LogP) is 3.55. The zero-order valence-corrected chi connectivity index (χ0v) is 12.3. The summed E-state index contributed by atoms with van der Waals surface area (Å²) >= 11 is 0. The summed E-state index contributed by atoms with van der Waals surface area (Å²) in [6.07, 6.45) is -0.293. The molecule has 2 N–H and O–H groups in total. The molecule has 0 aliphatic carbocycles. The van der Waals surface area contributed by atoms with Gasteiger partial charge in [-0.3, -0.25) is 4.57 Å². The van der Waals surface area contributed by atoms with Crippen LogP contribution in [0.15, 0.2) is 36.4 Å². The van der Waals surface area contributed by atoms with Gasteiger partial charge >= 0.3 is 7.60 Å². The summed E-state index contributed by atoms with van der Waals surface area (Å²) in [6, 6.07) is 11.9. The summed E-state index contributed by atoms with van der Waals surface area (Å²) in [4.78, 5) is 18.6. The van der Waals surface area contributed by atoms with E-state index in [0.29, 0.717) is 0 Å². The lowest BCUT2D eigenvalue weighted by molar-refractivity contribution is 0.364. The van der Waals surface area contributed by atoms with Crippen LogP contribution >= 0.6 is 7.60 Å². The molecule has 4 nitrogen and oxygen atoms in total. The Labute approximate surface area is 116 Å². The van der Waals surface area contributed by atoms with Crippen molar-refractivity contribution in [2.75, 3.05) is 0 Å². The maximum Gasteiger partial charge on any atom is 0.345 e. The van der Waals surface area contributed by atoms with Crippen LogP contribution in [-0.4, -0.2) is 14.4 Å². The third-order valence-corrected chi connectivity index (χ3v) is 4.15. The lowest BCUT2D eigenvalue weighted by Gasteiger charge is -2.09. The van der Waals surface area contributed by atoms with E-state index in [1.807, 2.05) is 38.1 Å². The molecule has 2 aromatic carbocycles. The number of benzene rings is 2. The number of nitrogens with zero attached hydrogens (tertiary/aromatic N) is 1. The molecule has 0 unspecified atom stereocenters. The fourth-order valence-electron chi connectivity index (χ4n) is 2.67. The zero-order chi connectivity index (χ0) is 14.5. The number of aromatic nitrogens is 1. The van der Waals surface area contributed by atoms with Crippen molar-refractivity contribution < 1.29 is 14.4 Å². The Morgan fingerprint density at radius 3 is 1.80 bits per heavy atom. The van der Waals surface area contributed by atoms with Crippen LogP contribution in [0.2, 0.25) is 0 Å². The molecule has 0 radical (unpaired) electrons. The minimum atomic E-state index is -4.12. The molecule has 0 spiro atoms. The zero-order valence-electron chi connectivity index (χ0n) is 11.4. The van der Waals surface area contributed by atoms with Crippen molar-refractivity contribution in [2.24, 2.45) is 0 Å². The Bertz CT molecular complexity index is 801. The molecule has 1 aromatic heterocycles. The molecule has 0 saturated carbocycles. The highest BCUT2D eigenvalue weighted by Gasteiger charge is 2.19. The number of aryl methyl sites for hydroxylation is 2. The Hall–Kier alpha value is -1.61. The largest absolute Gasteiger partial charge is 0.345 e. The second-order valence-electron chi connectivity index (χ2n) is 5.28. The SMILES string of the molecule is Cc1ccc2c(c1)c1cc(C)ccc1n2CP(=O)(O)O. The van der Waals surface area contributed by atoms with Gasteiger partial charge in [-0.15, -0.1) is 0 Å². The number of fused-ring (bicyclic) bond motifs is 3. The standard InChI is InChI=1S/C15H16NO3P/c1-10-3-5-14-12(7-10)13-8-11(2)4-6-15(13)16(14)9-20(17,18)19/h3-8H,9H2,1-2H3,(H2,17,18,19). The monoisotopic (exact) mass is 289 g/mol. The van der Waals surface area contributed by atoms with Gasteiger partial charge < -0.3 is 14.4 Å². The molecule has 0 atom stereocenters. The van der Waals surface area contributed by atoms with E-state index in [-0.39, 0.29) is 6.29 Å². The highest BCUT2D eigenvalue weighted by molar-refractivity contribution is 7.50. The summed E-state index contributed by atoms with van der Waals surface area (Å²) in [6.45, 7) is 4.03. The highest BCUT2D eigenvalue weighted by Crippen LogP contribution is 2.41. The van der Waals surface area contributed by atoms with E-state index in [1.54, 1.807) is 4.57 Å². The molecular formula is C15H16NO3P. The van der Waals surface area contributed by atoms with Crippen molar-refractivity contribution in [3.05, 3.63) is 47.5 Å². The van der Waals surface area contributed by atoms with E-state index in [1.165, 1.54) is 0 Å². The van der Waals surface area contributed by atoms with Crippen LogP contribution in [0.4, 0.5) is 0 Å². The fraction of sp³-hybridized carbons (Fsp3) is 0.200. The molecule has 0 aliphatic rings. The van der Waals surface area contributed by atoms with E-state index in [0.717, 1.165) is 32.9 Å². The Morgan fingerprint density at radius 2 is 1.40 bits per heavy atom. The first kappa shape index (κ1) is 13.4. The lowest BCUT2D eigenvalue weighted by atomic mass is 10.1. The summed E-state index contributed by atoms with van der Waals surface area (Å²) < 4.78 is 13.1. The average Bonchev–Trinajstić information content (AvgIpc) is 2.61. The van der Waals surface area contributed by atoms with Crippen LogP contribution in [0.25, 0.3) is 21.8 Å². The predicted molar refractivity (Wildman–Crippen MR) is 81.0 cm³/mol. The van der Waals surface area contributed by atoms with Gasteiger partial charge in [0.25, 0.3) is 0 Å². The van der Waals surface area contributed by atoms with Crippen LogP contribution < -0.4 is 0 Å². The number of hydrogen-bond acceptors (Lipinski definition) is 1. The Morgan fingerprint density at radius 1 is 0.950 bits per heavy atom. The molecule has 3 aromatic rings. The van der Waals surface area contributed by atoms with Crippen LogP contribution in [0.3, 0.4) is 0 Å². The normalized spacial score (nSPS) is 12.4. The third-order valence-electron chi connectivity index (χ3n) is 3.50. The second kappa shape index (κ2) is 4.45. The van der Waals surface area contributed by atoms with Gasteiger partial charge in [-0.2, -0.15) is 0 Å². The van der Waals surface area contributed by atoms with E-state index in [4.69, 9.17) is 0 Å². The van der Waals surface area contributed by atoms with Gasteiger partial charge in [-0.1, -0.05) is 23.3 Å². The van der Waals surface area contributed by atoms with Crippen LogP contribution in [0.5, 0.6) is 0 Å². The van der Waals surface area contributed by atoms with Gasteiger partial charge in [-0.25, -0.2) is 0 Å². The first-order valence-electron chi connectivity index (χ1n) is 6.39. The van der Waals surface area contributed by atoms with Gasteiger partial charge in [0.1, 0.15) is 6.29 Å². The average molecular weight is 289 g/mol. The molecule has 0 amide bonds. The molecule has 0 bridgehead atoms. The third kappa shape index (κ3) is 2.27. The minimum absolute atomic E-state index is 0.293. The van der Waals surface area contributed by atoms with E-state index < -0.39 is 7.60 Å². The van der Waals surface area contributed by atoms with Crippen molar-refractivity contribution in [3.8, 4) is 0 Å². The van der Waals surface area contributed by atoms with Crippen molar-refractivity contribution in [3.63, 3.8) is 0 Å². The Balaban J connectivity index is 2.44. The topological polar surface area (TPSA) is 62.5 Å². The van der Waals surface area contributed by atoms with E-state index >= 15 is 0 Å². The van der Waals surface area contributed by atoms with Crippen molar-refractivity contribution in [2.45, 2.75) is 20.1 Å². The van der Waals surface area contributed by atoms with E-state index in [2.05, 4.69) is 12.1 Å². The van der Waals surface area contributed by atoms with Crippen molar-refractivity contribution >= 4 is 29.4 Å². The minimum Gasteiger partial charge on any atom is -0.328 e. The first-order chi connectivity index (χ1) is 9.35. The maximum atomic E-state index is 11.4. The van der Waals surface area contributed by atoms with Gasteiger partial charge in [0.05, 0.1) is 0 Å². The summed E-state index contributed by atoms with van der Waals surface area (Å²) in [5.74, 6) is 0. The smallest absolute Gasteiger partial charge is 0.328 e. The summed E-state index contributed by atoms with van der Waals surface area (Å²) in [5.41, 5.74) is 3.99. The molecule has 104 valence electrons. The van der Waals surface area contributed by atoms with Crippen LogP contribution in [0, 0.1) is 13.8 Å². The summed E-state index contributed by atoms with van der Waals surface area (Å²) in [7, 11) is -4.12. The maximum absolute atomic E-state index is 11.4. The quantitative estimate of drug-likeness (QED) is 0.709. The lowest BCUT2D eigenvalue weighted by Crippen LogP contribution is -1.98.